The van der Waals surface area contributed by atoms with Gasteiger partial charge in [0.2, 0.25) is 0 Å². The molecule has 0 amide bonds. The Labute approximate surface area is 116 Å². The van der Waals surface area contributed by atoms with E-state index in [0.717, 1.165) is 11.3 Å². The minimum Gasteiger partial charge on any atom is -0.492 e. The number of hydrogen-bond acceptors (Lipinski definition) is 4. The monoisotopic (exact) mass is 270 g/mol. The topological polar surface area (TPSA) is 48.7 Å². The predicted octanol–water partition coefficient (Wildman–Crippen LogP) is 3.15. The van der Waals surface area contributed by atoms with E-state index < -0.39 is 0 Å². The van der Waals surface area contributed by atoms with Crippen molar-refractivity contribution in [3.05, 3.63) is 64.4 Å². The van der Waals surface area contributed by atoms with Gasteiger partial charge in [-0.25, -0.2) is 4.79 Å². The van der Waals surface area contributed by atoms with E-state index in [1.54, 1.807) is 19.3 Å². The van der Waals surface area contributed by atoms with Crippen molar-refractivity contribution in [1.82, 2.24) is 0 Å². The predicted molar refractivity (Wildman–Crippen MR) is 74.9 cm³/mol. The zero-order valence-electron chi connectivity index (χ0n) is 11.1. The Balaban J connectivity index is 1.96. The number of para-hydroxylation sites is 1. The minimum absolute atomic E-state index is 0.386. The second kappa shape index (κ2) is 5.25. The molecule has 1 aromatic carbocycles. The fourth-order valence-electron chi connectivity index (χ4n) is 2.14. The van der Waals surface area contributed by atoms with Crippen molar-refractivity contribution < 1.29 is 13.9 Å². The maximum Gasteiger partial charge on any atom is 0.347 e. The van der Waals surface area contributed by atoms with Crippen LogP contribution in [0, 0.1) is 6.92 Å². The number of hydrogen-bond donors (Lipinski definition) is 0. The van der Waals surface area contributed by atoms with Gasteiger partial charge in [-0.05, 0) is 19.1 Å². The Bertz CT molecular complexity index is 698. The molecule has 1 aliphatic rings. The first kappa shape index (κ1) is 12.5. The first-order valence-corrected chi connectivity index (χ1v) is 6.43. The minimum atomic E-state index is -0.386. The van der Waals surface area contributed by atoms with Gasteiger partial charge in [-0.15, -0.1) is 0 Å². The van der Waals surface area contributed by atoms with Crippen molar-refractivity contribution in [3.63, 3.8) is 0 Å². The lowest BCUT2D eigenvalue weighted by molar-refractivity contribution is 0.306. The third kappa shape index (κ3) is 2.45. The molecule has 0 fully saturated rings. The average molecular weight is 270 g/mol. The van der Waals surface area contributed by atoms with Gasteiger partial charge in [-0.1, -0.05) is 18.2 Å². The van der Waals surface area contributed by atoms with Gasteiger partial charge in [0.25, 0.3) is 0 Å². The third-order valence-electron chi connectivity index (χ3n) is 3.07. The molecule has 1 aliphatic heterocycles. The van der Waals surface area contributed by atoms with E-state index in [9.17, 15) is 4.79 Å². The summed E-state index contributed by atoms with van der Waals surface area (Å²) in [5.74, 6) is 1.83. The van der Waals surface area contributed by atoms with Crippen LogP contribution in [0.2, 0.25) is 0 Å². The molecule has 2 aromatic rings. The molecule has 102 valence electrons. The fourth-order valence-corrected chi connectivity index (χ4v) is 2.14. The van der Waals surface area contributed by atoms with Gasteiger partial charge < -0.3 is 13.9 Å². The summed E-state index contributed by atoms with van der Waals surface area (Å²) in [6.07, 6.45) is 2.22. The van der Waals surface area contributed by atoms with Crippen molar-refractivity contribution in [1.29, 1.82) is 0 Å². The second-order valence-electron chi connectivity index (χ2n) is 4.56. The Morgan fingerprint density at radius 3 is 2.85 bits per heavy atom. The van der Waals surface area contributed by atoms with Crippen molar-refractivity contribution in [2.24, 2.45) is 0 Å². The molecule has 0 N–H and O–H groups in total. The van der Waals surface area contributed by atoms with Crippen LogP contribution in [0.1, 0.15) is 17.7 Å². The average Bonchev–Trinajstić information content (AvgIpc) is 2.45. The molecule has 0 saturated carbocycles. The zero-order valence-corrected chi connectivity index (χ0v) is 11.1. The molecule has 0 atom stereocenters. The lowest BCUT2D eigenvalue weighted by atomic mass is 10.0. The Morgan fingerprint density at radius 1 is 1.25 bits per heavy atom. The van der Waals surface area contributed by atoms with E-state index in [-0.39, 0.29) is 5.63 Å². The van der Waals surface area contributed by atoms with Gasteiger partial charge >= 0.3 is 5.63 Å². The molecule has 0 radical (unpaired) electrons. The first-order chi connectivity index (χ1) is 9.74. The number of aryl methyl sites for hydroxylation is 1. The number of benzene rings is 1. The van der Waals surface area contributed by atoms with Crippen molar-refractivity contribution in [2.45, 2.75) is 13.3 Å². The molecule has 1 aromatic heterocycles. The van der Waals surface area contributed by atoms with Crippen LogP contribution in [0.5, 0.6) is 11.5 Å². The molecular formula is C16H14O4. The largest absolute Gasteiger partial charge is 0.492 e. The molecule has 4 nitrogen and oxygen atoms in total. The molecular weight excluding hydrogens is 256 g/mol. The van der Waals surface area contributed by atoms with E-state index in [1.807, 2.05) is 30.3 Å². The summed E-state index contributed by atoms with van der Waals surface area (Å²) in [7, 11) is 0. The maximum atomic E-state index is 12.0. The third-order valence-corrected chi connectivity index (χ3v) is 3.07. The van der Waals surface area contributed by atoms with E-state index in [2.05, 4.69) is 0 Å². The normalized spacial score (nSPS) is 15.6. The lowest BCUT2D eigenvalue weighted by Crippen LogP contribution is -2.17. The summed E-state index contributed by atoms with van der Waals surface area (Å²) >= 11 is 0. The highest BCUT2D eigenvalue weighted by Crippen LogP contribution is 2.31. The highest BCUT2D eigenvalue weighted by atomic mass is 16.5. The summed E-state index contributed by atoms with van der Waals surface area (Å²) in [6, 6.07) is 11.1. The number of fused-ring (bicyclic) bond motifs is 1. The van der Waals surface area contributed by atoms with Crippen LogP contribution < -0.4 is 15.1 Å². The van der Waals surface area contributed by atoms with Crippen molar-refractivity contribution in [2.75, 3.05) is 6.61 Å². The van der Waals surface area contributed by atoms with Crippen LogP contribution in [0.3, 0.4) is 0 Å². The SMILES string of the molecule is Cc1cc2c(c(=O)o1)/C(=C/Oc1ccccc1)CCO2. The van der Waals surface area contributed by atoms with E-state index >= 15 is 0 Å². The second-order valence-corrected chi connectivity index (χ2v) is 4.56. The highest BCUT2D eigenvalue weighted by Gasteiger charge is 2.21. The van der Waals surface area contributed by atoms with Gasteiger partial charge in [0, 0.05) is 18.1 Å². The summed E-state index contributed by atoms with van der Waals surface area (Å²) < 4.78 is 16.2. The van der Waals surface area contributed by atoms with Gasteiger partial charge in [0.1, 0.15) is 22.8 Å². The Kier molecular flexibility index (Phi) is 3.29. The van der Waals surface area contributed by atoms with E-state index in [1.165, 1.54) is 0 Å². The van der Waals surface area contributed by atoms with Crippen LogP contribution in [0.15, 0.2) is 51.9 Å². The van der Waals surface area contributed by atoms with Gasteiger partial charge in [-0.3, -0.25) is 0 Å². The quantitative estimate of drug-likeness (QED) is 0.786. The van der Waals surface area contributed by atoms with Crippen LogP contribution in [0.4, 0.5) is 0 Å². The smallest absolute Gasteiger partial charge is 0.347 e. The summed E-state index contributed by atoms with van der Waals surface area (Å²) in [6.45, 7) is 2.25. The molecule has 4 heteroatoms. The molecule has 0 saturated heterocycles. The Hall–Kier alpha value is -2.49. The van der Waals surface area contributed by atoms with Crippen LogP contribution in [-0.2, 0) is 0 Å². The fraction of sp³-hybridized carbons (Fsp3) is 0.188. The maximum absolute atomic E-state index is 12.0. The van der Waals surface area contributed by atoms with Gasteiger partial charge in [0.05, 0.1) is 12.9 Å². The van der Waals surface area contributed by atoms with Gasteiger partial charge in [-0.2, -0.15) is 0 Å². The van der Waals surface area contributed by atoms with Crippen LogP contribution >= 0.6 is 0 Å². The number of rotatable bonds is 2. The molecule has 3 rings (SSSR count). The number of ether oxygens (including phenoxy) is 2. The Morgan fingerprint density at radius 2 is 2.05 bits per heavy atom. The van der Waals surface area contributed by atoms with E-state index in [4.69, 9.17) is 13.9 Å². The van der Waals surface area contributed by atoms with Crippen molar-refractivity contribution >= 4 is 5.57 Å². The molecule has 0 bridgehead atoms. The molecule has 0 spiro atoms. The molecule has 20 heavy (non-hydrogen) atoms. The summed E-state index contributed by atoms with van der Waals surface area (Å²) in [4.78, 5) is 12.0. The highest BCUT2D eigenvalue weighted by molar-refractivity contribution is 5.70. The van der Waals surface area contributed by atoms with Crippen molar-refractivity contribution in [3.8, 4) is 11.5 Å². The first-order valence-electron chi connectivity index (χ1n) is 6.43. The van der Waals surface area contributed by atoms with Crippen LogP contribution in [-0.4, -0.2) is 6.61 Å². The van der Waals surface area contributed by atoms with Crippen LogP contribution in [0.25, 0.3) is 5.57 Å². The van der Waals surface area contributed by atoms with Gasteiger partial charge in [0.15, 0.2) is 0 Å². The molecule has 0 unspecified atom stereocenters. The zero-order chi connectivity index (χ0) is 13.9. The van der Waals surface area contributed by atoms with E-state index in [0.29, 0.717) is 30.1 Å². The molecule has 0 aliphatic carbocycles. The molecule has 2 heterocycles. The standard InChI is InChI=1S/C16H14O4/c1-11-9-14-15(16(17)20-11)12(7-8-18-14)10-19-13-5-3-2-4-6-13/h2-6,9-10H,7-8H2,1H3/b12-10+. The summed E-state index contributed by atoms with van der Waals surface area (Å²) in [5, 5.41) is 0. The lowest BCUT2D eigenvalue weighted by Gasteiger charge is -2.18. The summed E-state index contributed by atoms with van der Waals surface area (Å²) in [5.41, 5.74) is 0.865.